The van der Waals surface area contributed by atoms with Gasteiger partial charge in [-0.15, -0.1) is 0 Å². The summed E-state index contributed by atoms with van der Waals surface area (Å²) in [5.74, 6) is -0.0408. The van der Waals surface area contributed by atoms with Crippen LogP contribution in [0.1, 0.15) is 12.0 Å². The average Bonchev–Trinajstić information content (AvgIpc) is 2.86. The molecule has 1 fully saturated rings. The fraction of sp³-hybridized carbons (Fsp3) is 0.533. The van der Waals surface area contributed by atoms with E-state index in [1.165, 1.54) is 37.1 Å². The molecule has 10 heteroatoms. The van der Waals surface area contributed by atoms with Crippen LogP contribution in [0, 0.1) is 6.92 Å². The van der Waals surface area contributed by atoms with Gasteiger partial charge in [-0.05, 0) is 25.5 Å². The highest BCUT2D eigenvalue weighted by Gasteiger charge is 2.33. The highest BCUT2D eigenvalue weighted by Crippen LogP contribution is 2.28. The molecule has 0 saturated carbocycles. The Morgan fingerprint density at radius 1 is 1.40 bits per heavy atom. The fourth-order valence-corrected chi connectivity index (χ4v) is 4.29. The van der Waals surface area contributed by atoms with E-state index >= 15 is 0 Å². The number of carbonyl (C=O) groups is 1. The maximum absolute atomic E-state index is 12.3. The van der Waals surface area contributed by atoms with Crippen molar-refractivity contribution in [3.05, 3.63) is 23.8 Å². The van der Waals surface area contributed by atoms with E-state index in [1.807, 2.05) is 0 Å². The summed E-state index contributed by atoms with van der Waals surface area (Å²) >= 11 is 0. The first kappa shape index (κ1) is 19.4. The Morgan fingerprint density at radius 2 is 2.08 bits per heavy atom. The third kappa shape index (κ3) is 5.25. The van der Waals surface area contributed by atoms with Crippen LogP contribution >= 0.6 is 0 Å². The second-order valence-electron chi connectivity index (χ2n) is 5.93. The predicted molar refractivity (Wildman–Crippen MR) is 86.6 cm³/mol. The van der Waals surface area contributed by atoms with Gasteiger partial charge in [0.25, 0.3) is 0 Å². The number of rotatable bonds is 4. The Balaban J connectivity index is 2.05. The number of hydrogen-bond donors (Lipinski definition) is 1. The van der Waals surface area contributed by atoms with Gasteiger partial charge in [0.1, 0.15) is 5.75 Å². The van der Waals surface area contributed by atoms with Crippen LogP contribution in [0.4, 0.5) is 23.7 Å². The monoisotopic (exact) mass is 380 g/mol. The van der Waals surface area contributed by atoms with Gasteiger partial charge >= 0.3 is 12.2 Å². The molecule has 0 aliphatic carbocycles. The molecule has 2 amide bonds. The lowest BCUT2D eigenvalue weighted by Gasteiger charge is -2.24. The number of nitrogens with zero attached hydrogens (tertiary/aromatic N) is 1. The predicted octanol–water partition coefficient (Wildman–Crippen LogP) is 2.59. The zero-order valence-corrected chi connectivity index (χ0v) is 14.6. The van der Waals surface area contributed by atoms with Crippen molar-refractivity contribution in [3.63, 3.8) is 0 Å². The number of halogens is 3. The Morgan fingerprint density at radius 3 is 2.64 bits per heavy atom. The summed E-state index contributed by atoms with van der Waals surface area (Å²) < 4.78 is 64.6. The fourth-order valence-electron chi connectivity index (χ4n) is 2.52. The Kier molecular flexibility index (Phi) is 5.50. The van der Waals surface area contributed by atoms with Crippen molar-refractivity contribution in [1.29, 1.82) is 0 Å². The van der Waals surface area contributed by atoms with Crippen LogP contribution in [0.25, 0.3) is 0 Å². The molecule has 1 aromatic rings. The largest absolute Gasteiger partial charge is 0.484 e. The number of alkyl halides is 3. The van der Waals surface area contributed by atoms with E-state index in [0.717, 1.165) is 0 Å². The summed E-state index contributed by atoms with van der Waals surface area (Å²) in [5.41, 5.74) is 0.657. The Labute approximate surface area is 143 Å². The van der Waals surface area contributed by atoms with Crippen LogP contribution in [0.2, 0.25) is 0 Å². The summed E-state index contributed by atoms with van der Waals surface area (Å²) in [6.45, 7) is 0.104. The summed E-state index contributed by atoms with van der Waals surface area (Å²) in [7, 11) is -1.64. The molecule has 1 aliphatic heterocycles. The van der Waals surface area contributed by atoms with Gasteiger partial charge in [0, 0.05) is 24.3 Å². The first-order chi connectivity index (χ1) is 11.5. The lowest BCUT2D eigenvalue weighted by molar-refractivity contribution is -0.153. The number of benzene rings is 1. The van der Waals surface area contributed by atoms with Crippen molar-refractivity contribution in [1.82, 2.24) is 4.90 Å². The second-order valence-corrected chi connectivity index (χ2v) is 8.16. The van der Waals surface area contributed by atoms with Crippen molar-refractivity contribution >= 4 is 21.6 Å². The number of anilines is 1. The normalized spacial score (nSPS) is 19.5. The first-order valence-electron chi connectivity index (χ1n) is 7.52. The SMILES string of the molecule is Cc1c(NC(=O)N(C)[C@H]2CCS(=O)(=O)C2)cccc1OCC(F)(F)F. The number of hydrogen-bond acceptors (Lipinski definition) is 4. The van der Waals surface area contributed by atoms with Crippen LogP contribution in [0.15, 0.2) is 18.2 Å². The zero-order chi connectivity index (χ0) is 18.8. The molecule has 1 heterocycles. The summed E-state index contributed by atoms with van der Waals surface area (Å²) in [4.78, 5) is 13.6. The molecule has 2 rings (SSSR count). The second kappa shape index (κ2) is 7.11. The van der Waals surface area contributed by atoms with Gasteiger partial charge in [-0.25, -0.2) is 13.2 Å². The minimum atomic E-state index is -4.46. The molecular formula is C15H19F3N2O4S. The van der Waals surface area contributed by atoms with Crippen LogP contribution in [0.3, 0.4) is 0 Å². The zero-order valence-electron chi connectivity index (χ0n) is 13.8. The van der Waals surface area contributed by atoms with Crippen LogP contribution in [0.5, 0.6) is 5.75 Å². The topological polar surface area (TPSA) is 75.7 Å². The molecular weight excluding hydrogens is 361 g/mol. The molecule has 0 spiro atoms. The molecule has 1 aliphatic rings. The minimum absolute atomic E-state index is 0.0150. The molecule has 1 atom stereocenters. The van der Waals surface area contributed by atoms with E-state index in [-0.39, 0.29) is 17.3 Å². The van der Waals surface area contributed by atoms with Gasteiger partial charge in [-0.1, -0.05) is 6.07 Å². The van der Waals surface area contributed by atoms with E-state index in [9.17, 15) is 26.4 Å². The molecule has 1 N–H and O–H groups in total. The van der Waals surface area contributed by atoms with E-state index in [1.54, 1.807) is 0 Å². The number of urea groups is 1. The van der Waals surface area contributed by atoms with Gasteiger partial charge in [0.15, 0.2) is 16.4 Å². The molecule has 1 aromatic carbocycles. The van der Waals surface area contributed by atoms with Crippen LogP contribution in [-0.2, 0) is 9.84 Å². The number of sulfone groups is 1. The van der Waals surface area contributed by atoms with E-state index in [4.69, 9.17) is 4.74 Å². The molecule has 0 aromatic heterocycles. The average molecular weight is 380 g/mol. The third-order valence-electron chi connectivity index (χ3n) is 3.99. The van der Waals surface area contributed by atoms with Crippen molar-refractivity contribution in [3.8, 4) is 5.75 Å². The van der Waals surface area contributed by atoms with Crippen LogP contribution < -0.4 is 10.1 Å². The standard InChI is InChI=1S/C15H19F3N2O4S/c1-10-12(4-3-5-13(10)24-9-15(16,17)18)19-14(21)20(2)11-6-7-25(22,23)8-11/h3-5,11H,6-9H2,1-2H3,(H,19,21)/t11-/m0/s1. The maximum Gasteiger partial charge on any atom is 0.422 e. The molecule has 6 nitrogen and oxygen atoms in total. The Hall–Kier alpha value is -1.97. The highest BCUT2D eigenvalue weighted by atomic mass is 32.2. The van der Waals surface area contributed by atoms with Gasteiger partial charge in [0.2, 0.25) is 0 Å². The van der Waals surface area contributed by atoms with Gasteiger partial charge in [-0.2, -0.15) is 13.2 Å². The molecule has 0 radical (unpaired) electrons. The summed E-state index contributed by atoms with van der Waals surface area (Å²) in [6.07, 6.45) is -4.10. The number of carbonyl (C=O) groups excluding carboxylic acids is 1. The van der Waals surface area contributed by atoms with Gasteiger partial charge in [0.05, 0.1) is 11.5 Å². The third-order valence-corrected chi connectivity index (χ3v) is 5.74. The maximum atomic E-state index is 12.3. The first-order valence-corrected chi connectivity index (χ1v) is 9.34. The number of amides is 2. The molecule has 0 unspecified atom stereocenters. The quantitative estimate of drug-likeness (QED) is 0.871. The van der Waals surface area contributed by atoms with Crippen molar-refractivity contribution in [2.24, 2.45) is 0 Å². The van der Waals surface area contributed by atoms with E-state index < -0.39 is 34.7 Å². The van der Waals surface area contributed by atoms with Gasteiger partial charge in [-0.3, -0.25) is 0 Å². The minimum Gasteiger partial charge on any atom is -0.484 e. The van der Waals surface area contributed by atoms with E-state index in [0.29, 0.717) is 17.7 Å². The molecule has 140 valence electrons. The lowest BCUT2D eigenvalue weighted by atomic mass is 10.2. The molecule has 0 bridgehead atoms. The lowest BCUT2D eigenvalue weighted by Crippen LogP contribution is -2.40. The molecule has 1 saturated heterocycles. The van der Waals surface area contributed by atoms with Crippen LogP contribution in [-0.4, -0.2) is 56.7 Å². The van der Waals surface area contributed by atoms with Crippen molar-refractivity contribution in [2.75, 3.05) is 30.5 Å². The Bertz CT molecular complexity index is 750. The molecule has 25 heavy (non-hydrogen) atoms. The van der Waals surface area contributed by atoms with Crippen molar-refractivity contribution in [2.45, 2.75) is 25.6 Å². The smallest absolute Gasteiger partial charge is 0.422 e. The summed E-state index contributed by atoms with van der Waals surface area (Å²) in [6, 6.07) is 3.43. The highest BCUT2D eigenvalue weighted by molar-refractivity contribution is 7.91. The van der Waals surface area contributed by atoms with Gasteiger partial charge < -0.3 is 15.0 Å². The van der Waals surface area contributed by atoms with Crippen molar-refractivity contribution < 1.29 is 31.1 Å². The number of nitrogens with one attached hydrogen (secondary N) is 1. The number of ether oxygens (including phenoxy) is 1. The van der Waals surface area contributed by atoms with E-state index in [2.05, 4.69) is 5.32 Å². The summed E-state index contributed by atoms with van der Waals surface area (Å²) in [5, 5.41) is 2.58.